The summed E-state index contributed by atoms with van der Waals surface area (Å²) >= 11 is 0. The lowest BCUT2D eigenvalue weighted by Gasteiger charge is -2.64. The maximum Gasteiger partial charge on any atom is 0.190 e. The van der Waals surface area contributed by atoms with Gasteiger partial charge in [0.05, 0.1) is 6.10 Å². The molecule has 1 N–H and O–H groups in total. The van der Waals surface area contributed by atoms with Crippen LogP contribution in [0, 0.1) is 22.7 Å². The highest BCUT2D eigenvalue weighted by Crippen LogP contribution is 2.71. The summed E-state index contributed by atoms with van der Waals surface area (Å²) in [5, 5.41) is 11.1. The molecule has 7 atom stereocenters. The minimum Gasteiger partial charge on any atom is -0.390 e. The topological polar surface area (TPSA) is 63.6 Å². The van der Waals surface area contributed by atoms with Crippen molar-refractivity contribution in [1.29, 1.82) is 0 Å². The van der Waals surface area contributed by atoms with E-state index in [1.165, 1.54) is 0 Å². The van der Waals surface area contributed by atoms with E-state index < -0.39 is 28.2 Å². The van der Waals surface area contributed by atoms with E-state index in [1.807, 2.05) is 13.8 Å². The minimum absolute atomic E-state index is 0.0381. The van der Waals surface area contributed by atoms with E-state index in [4.69, 9.17) is 4.74 Å². The molecule has 1 heterocycles. The number of alkyl halides is 1. The molecule has 5 heteroatoms. The highest BCUT2D eigenvalue weighted by molar-refractivity contribution is 5.94. The second kappa shape index (κ2) is 4.85. The van der Waals surface area contributed by atoms with Crippen LogP contribution in [-0.4, -0.2) is 40.7 Å². The van der Waals surface area contributed by atoms with Crippen LogP contribution in [-0.2, 0) is 14.3 Å². The third-order valence-corrected chi connectivity index (χ3v) is 9.06. The van der Waals surface area contributed by atoms with Crippen molar-refractivity contribution in [3.8, 4) is 0 Å². The number of rotatable bonds is 0. The van der Waals surface area contributed by atoms with E-state index in [-0.39, 0.29) is 36.4 Å². The van der Waals surface area contributed by atoms with Crippen molar-refractivity contribution in [2.45, 2.75) is 76.2 Å². The van der Waals surface area contributed by atoms with Crippen LogP contribution in [0.4, 0.5) is 4.39 Å². The fraction of sp³-hybridized carbons (Fsp3) is 0.810. The van der Waals surface area contributed by atoms with E-state index in [0.717, 1.165) is 12.0 Å². The van der Waals surface area contributed by atoms with Crippen LogP contribution in [0.3, 0.4) is 0 Å². The number of aliphatic hydroxyl groups is 1. The Labute approximate surface area is 153 Å². The zero-order valence-electron chi connectivity index (χ0n) is 15.5. The number of Topliss-reactive ketones (excluding diaryl/α,β-unsaturated/α-hetero) is 1. The summed E-state index contributed by atoms with van der Waals surface area (Å²) in [6, 6.07) is 0. The summed E-state index contributed by atoms with van der Waals surface area (Å²) in [7, 11) is 0. The molecular formula is C21H27FO4. The molecule has 1 aliphatic heterocycles. The summed E-state index contributed by atoms with van der Waals surface area (Å²) in [5.41, 5.74) is -2.95. The molecule has 5 aliphatic rings. The first kappa shape index (κ1) is 17.1. The van der Waals surface area contributed by atoms with Gasteiger partial charge in [-0.15, -0.1) is 0 Å². The molecule has 0 amide bonds. The number of ketones is 2. The zero-order chi connectivity index (χ0) is 18.5. The number of ether oxygens (including phenoxy) is 1. The number of carbonyl (C=O) groups excluding carboxylic acids is 2. The maximum absolute atomic E-state index is 16.8. The Morgan fingerprint density at radius 2 is 1.92 bits per heavy atom. The molecule has 0 aromatic rings. The summed E-state index contributed by atoms with van der Waals surface area (Å²) in [6.07, 6.45) is 4.33. The summed E-state index contributed by atoms with van der Waals surface area (Å²) in [4.78, 5) is 24.3. The predicted octanol–water partition coefficient (Wildman–Crippen LogP) is 2.92. The van der Waals surface area contributed by atoms with Crippen LogP contribution in [0.2, 0.25) is 0 Å². The van der Waals surface area contributed by atoms with E-state index in [1.54, 1.807) is 6.08 Å². The lowest BCUT2D eigenvalue weighted by atomic mass is 9.43. The Balaban J connectivity index is 1.61. The molecular weight excluding hydrogens is 335 g/mol. The van der Waals surface area contributed by atoms with Crippen molar-refractivity contribution in [2.24, 2.45) is 22.7 Å². The number of allylic oxidation sites excluding steroid dienone is 1. The SMILES string of the molecule is CC12CCC(=O)C=C1CCC1C3CCC4(OCC4=O)C3(C)CC(O)C12F. The van der Waals surface area contributed by atoms with Gasteiger partial charge in [0, 0.05) is 23.2 Å². The monoisotopic (exact) mass is 362 g/mol. The fourth-order valence-corrected chi connectivity index (χ4v) is 7.56. The van der Waals surface area contributed by atoms with Gasteiger partial charge in [-0.3, -0.25) is 9.59 Å². The van der Waals surface area contributed by atoms with E-state index in [2.05, 4.69) is 0 Å². The van der Waals surface area contributed by atoms with Crippen LogP contribution < -0.4 is 0 Å². The number of carbonyl (C=O) groups is 2. The second-order valence-corrected chi connectivity index (χ2v) is 9.70. The van der Waals surface area contributed by atoms with Gasteiger partial charge in [0.25, 0.3) is 0 Å². The van der Waals surface area contributed by atoms with Gasteiger partial charge in [-0.1, -0.05) is 19.4 Å². The quantitative estimate of drug-likeness (QED) is 0.720. The third-order valence-electron chi connectivity index (χ3n) is 9.06. The minimum atomic E-state index is -1.74. The van der Waals surface area contributed by atoms with Crippen molar-refractivity contribution >= 4 is 11.6 Å². The lowest BCUT2D eigenvalue weighted by molar-refractivity contribution is -0.250. The number of hydrogen-bond donors (Lipinski definition) is 1. The van der Waals surface area contributed by atoms with Crippen molar-refractivity contribution in [3.05, 3.63) is 11.6 Å². The van der Waals surface area contributed by atoms with Gasteiger partial charge in [0.1, 0.15) is 17.9 Å². The van der Waals surface area contributed by atoms with Crippen LogP contribution in [0.5, 0.6) is 0 Å². The standard InChI is InChI=1S/C21H27FO4/c1-18-7-5-13(23)9-12(18)3-4-15-14-6-8-20(17(25)11-26-20)19(14,2)10-16(24)21(15,18)22/h9,14-16,24H,3-8,10-11H2,1-2H3. The molecule has 4 nitrogen and oxygen atoms in total. The van der Waals surface area contributed by atoms with Crippen LogP contribution in [0.15, 0.2) is 11.6 Å². The summed E-state index contributed by atoms with van der Waals surface area (Å²) in [5.74, 6) is -0.0611. The molecule has 3 saturated carbocycles. The van der Waals surface area contributed by atoms with Gasteiger partial charge in [0.15, 0.2) is 11.6 Å². The van der Waals surface area contributed by atoms with E-state index in [0.29, 0.717) is 32.1 Å². The van der Waals surface area contributed by atoms with Gasteiger partial charge >= 0.3 is 0 Å². The smallest absolute Gasteiger partial charge is 0.190 e. The molecule has 1 spiro atoms. The van der Waals surface area contributed by atoms with E-state index in [9.17, 15) is 14.7 Å². The van der Waals surface area contributed by atoms with Crippen LogP contribution >= 0.6 is 0 Å². The van der Waals surface area contributed by atoms with Gasteiger partial charge in [-0.05, 0) is 50.5 Å². The molecule has 0 bridgehead atoms. The highest BCUT2D eigenvalue weighted by atomic mass is 19.1. The molecule has 5 rings (SSSR count). The average Bonchev–Trinajstić information content (AvgIpc) is 2.90. The van der Waals surface area contributed by atoms with Crippen LogP contribution in [0.1, 0.15) is 58.8 Å². The number of fused-ring (bicyclic) bond motifs is 6. The lowest BCUT2D eigenvalue weighted by Crippen LogP contribution is -2.71. The predicted molar refractivity (Wildman–Crippen MR) is 92.1 cm³/mol. The highest BCUT2D eigenvalue weighted by Gasteiger charge is 2.76. The van der Waals surface area contributed by atoms with Crippen molar-refractivity contribution in [1.82, 2.24) is 0 Å². The Kier molecular flexibility index (Phi) is 3.18. The van der Waals surface area contributed by atoms with Gasteiger partial charge in [0.2, 0.25) is 0 Å². The molecule has 0 radical (unpaired) electrons. The van der Waals surface area contributed by atoms with Crippen molar-refractivity contribution in [3.63, 3.8) is 0 Å². The second-order valence-electron chi connectivity index (χ2n) is 9.70. The molecule has 0 aromatic heterocycles. The van der Waals surface area contributed by atoms with Gasteiger partial charge in [-0.2, -0.15) is 0 Å². The molecule has 7 unspecified atom stereocenters. The molecule has 142 valence electrons. The molecule has 0 aromatic carbocycles. The van der Waals surface area contributed by atoms with Gasteiger partial charge in [-0.25, -0.2) is 4.39 Å². The maximum atomic E-state index is 16.8. The number of aliphatic hydroxyl groups excluding tert-OH is 1. The van der Waals surface area contributed by atoms with Crippen molar-refractivity contribution in [2.75, 3.05) is 6.61 Å². The first-order chi connectivity index (χ1) is 12.2. The fourth-order valence-electron chi connectivity index (χ4n) is 7.56. The third kappa shape index (κ3) is 1.60. The molecule has 4 aliphatic carbocycles. The molecule has 4 fully saturated rings. The first-order valence-corrected chi connectivity index (χ1v) is 9.97. The van der Waals surface area contributed by atoms with Gasteiger partial charge < -0.3 is 9.84 Å². The van der Waals surface area contributed by atoms with Crippen LogP contribution in [0.25, 0.3) is 0 Å². The molecule has 1 saturated heterocycles. The van der Waals surface area contributed by atoms with Crippen molar-refractivity contribution < 1.29 is 23.8 Å². The molecule has 26 heavy (non-hydrogen) atoms. The zero-order valence-corrected chi connectivity index (χ0v) is 15.5. The normalized spacial score (nSPS) is 55.7. The Morgan fingerprint density at radius 3 is 2.58 bits per heavy atom. The Hall–Kier alpha value is -1.07. The largest absolute Gasteiger partial charge is 0.390 e. The first-order valence-electron chi connectivity index (χ1n) is 9.97. The average molecular weight is 362 g/mol. The Bertz CT molecular complexity index is 746. The summed E-state index contributed by atoms with van der Waals surface area (Å²) < 4.78 is 22.6. The van der Waals surface area contributed by atoms with E-state index >= 15 is 4.39 Å². The number of halogens is 1. The number of hydrogen-bond acceptors (Lipinski definition) is 4. The Morgan fingerprint density at radius 1 is 1.15 bits per heavy atom. The summed E-state index contributed by atoms with van der Waals surface area (Å²) in [6.45, 7) is 4.08.